The summed E-state index contributed by atoms with van der Waals surface area (Å²) in [6.07, 6.45) is 4.27. The van der Waals surface area contributed by atoms with Gasteiger partial charge in [0.15, 0.2) is 0 Å². The second-order valence-corrected chi connectivity index (χ2v) is 11.2. The van der Waals surface area contributed by atoms with Gasteiger partial charge in [0.2, 0.25) is 0 Å². The van der Waals surface area contributed by atoms with Crippen molar-refractivity contribution < 1.29 is 18.6 Å². The van der Waals surface area contributed by atoms with Crippen LogP contribution in [0.2, 0.25) is 0 Å². The van der Waals surface area contributed by atoms with E-state index in [1.807, 2.05) is 24.3 Å². The van der Waals surface area contributed by atoms with E-state index in [-0.39, 0.29) is 30.0 Å². The number of aromatic nitrogens is 2. The summed E-state index contributed by atoms with van der Waals surface area (Å²) in [6, 6.07) is 21.1. The third-order valence-electron chi connectivity index (χ3n) is 7.39. The molecule has 1 amide bonds. The topological polar surface area (TPSA) is 94.9 Å². The Morgan fingerprint density at radius 1 is 1.13 bits per heavy atom. The molecule has 0 spiro atoms. The summed E-state index contributed by atoms with van der Waals surface area (Å²) in [7, 11) is -1.22. The van der Waals surface area contributed by atoms with Gasteiger partial charge in [0.25, 0.3) is 14.4 Å². The van der Waals surface area contributed by atoms with Gasteiger partial charge >= 0.3 is 5.69 Å². The van der Waals surface area contributed by atoms with Gasteiger partial charge < -0.3 is 19.1 Å². The van der Waals surface area contributed by atoms with Crippen LogP contribution >= 0.6 is 8.53 Å². The van der Waals surface area contributed by atoms with Crippen LogP contribution in [0.25, 0.3) is 0 Å². The lowest BCUT2D eigenvalue weighted by Gasteiger charge is -2.25. The SMILES string of the molecule is CC[C@H]1O[C@@H](n2ccc(NC(=O)c3ccccc3)nc2=O)CC1O[P@]1O[C@@H](c2ccccc2)[C@H]2CCCN21. The molecule has 38 heavy (non-hydrogen) atoms. The van der Waals surface area contributed by atoms with Crippen molar-refractivity contribution in [1.29, 1.82) is 0 Å². The predicted molar refractivity (Wildman–Crippen MR) is 143 cm³/mol. The first-order valence-corrected chi connectivity index (χ1v) is 14.3. The molecule has 3 saturated heterocycles. The largest absolute Gasteiger partial charge is 0.352 e. The van der Waals surface area contributed by atoms with Crippen LogP contribution in [0.5, 0.6) is 0 Å². The third-order valence-corrected chi connectivity index (χ3v) is 9.16. The number of carbonyl (C=O) groups excluding carboxylic acids is 1. The number of nitrogens with zero attached hydrogens (tertiary/aromatic N) is 3. The smallest absolute Gasteiger partial charge is 0.351 e. The zero-order valence-electron chi connectivity index (χ0n) is 21.2. The molecule has 6 atom stereocenters. The van der Waals surface area contributed by atoms with E-state index in [1.54, 1.807) is 36.5 Å². The van der Waals surface area contributed by atoms with E-state index in [0.29, 0.717) is 18.0 Å². The lowest BCUT2D eigenvalue weighted by molar-refractivity contribution is -0.0188. The van der Waals surface area contributed by atoms with E-state index in [0.717, 1.165) is 25.8 Å². The van der Waals surface area contributed by atoms with E-state index in [1.165, 1.54) is 10.1 Å². The van der Waals surface area contributed by atoms with Crippen LogP contribution in [0, 0.1) is 0 Å². The van der Waals surface area contributed by atoms with Crippen molar-refractivity contribution in [2.45, 2.75) is 63.2 Å². The van der Waals surface area contributed by atoms with Crippen molar-refractivity contribution >= 4 is 20.3 Å². The van der Waals surface area contributed by atoms with Gasteiger partial charge in [0, 0.05) is 30.8 Å². The number of ether oxygens (including phenoxy) is 1. The fraction of sp³-hybridized carbons (Fsp3) is 0.393. The number of anilines is 1. The molecule has 0 aliphatic carbocycles. The number of nitrogens with one attached hydrogen (secondary N) is 1. The molecule has 4 heterocycles. The maximum absolute atomic E-state index is 12.9. The maximum Gasteiger partial charge on any atom is 0.351 e. The zero-order valence-corrected chi connectivity index (χ0v) is 22.1. The van der Waals surface area contributed by atoms with Crippen molar-refractivity contribution in [1.82, 2.24) is 14.2 Å². The Balaban J connectivity index is 1.14. The molecule has 3 fully saturated rings. The minimum Gasteiger partial charge on any atom is -0.352 e. The Bertz CT molecular complexity index is 1320. The molecule has 0 bridgehead atoms. The Morgan fingerprint density at radius 3 is 2.63 bits per heavy atom. The standard InChI is InChI=1S/C28H31N4O5P/c1-2-22-23(36-38-32-16-9-14-21(32)26(37-38)19-10-5-3-6-11-19)18-25(35-22)31-17-15-24(30-28(31)34)29-27(33)20-12-7-4-8-13-20/h3-8,10-13,15,17,21-23,25-26H,2,9,14,16,18H2,1H3,(H,29,30,33,34)/t21-,22-,23?,25-,26+,38-/m1/s1. The predicted octanol–water partition coefficient (Wildman–Crippen LogP) is 5.04. The molecule has 6 rings (SSSR count). The molecule has 10 heteroatoms. The second kappa shape index (κ2) is 11.0. The van der Waals surface area contributed by atoms with Gasteiger partial charge in [-0.2, -0.15) is 4.98 Å². The van der Waals surface area contributed by atoms with Gasteiger partial charge in [-0.05, 0) is 43.0 Å². The van der Waals surface area contributed by atoms with E-state index in [2.05, 4.69) is 34.0 Å². The molecule has 0 radical (unpaired) electrons. The summed E-state index contributed by atoms with van der Waals surface area (Å²) in [5, 5.41) is 2.68. The van der Waals surface area contributed by atoms with Crippen molar-refractivity contribution in [2.24, 2.45) is 0 Å². The molecule has 3 aliphatic rings. The Morgan fingerprint density at radius 2 is 1.89 bits per heavy atom. The highest BCUT2D eigenvalue weighted by molar-refractivity contribution is 7.44. The van der Waals surface area contributed by atoms with Gasteiger partial charge in [-0.25, -0.2) is 9.46 Å². The van der Waals surface area contributed by atoms with Gasteiger partial charge in [0.05, 0.1) is 12.2 Å². The van der Waals surface area contributed by atoms with E-state index < -0.39 is 20.4 Å². The number of rotatable bonds is 7. The molecule has 1 aromatic heterocycles. The monoisotopic (exact) mass is 534 g/mol. The van der Waals surface area contributed by atoms with Gasteiger partial charge in [-0.15, -0.1) is 0 Å². The molecule has 198 valence electrons. The Hall–Kier alpha value is -2.94. The summed E-state index contributed by atoms with van der Waals surface area (Å²) in [5.41, 5.74) is 1.19. The van der Waals surface area contributed by atoms with E-state index in [9.17, 15) is 9.59 Å². The second-order valence-electron chi connectivity index (χ2n) is 9.79. The quantitative estimate of drug-likeness (QED) is 0.425. The molecule has 1 unspecified atom stereocenters. The Kier molecular flexibility index (Phi) is 7.37. The normalized spacial score (nSPS) is 28.9. The number of hydrogen-bond acceptors (Lipinski definition) is 7. The number of amides is 1. The molecule has 9 nitrogen and oxygen atoms in total. The fourth-order valence-corrected chi connectivity index (χ4v) is 7.45. The highest BCUT2D eigenvalue weighted by atomic mass is 31.2. The summed E-state index contributed by atoms with van der Waals surface area (Å²) in [4.78, 5) is 29.4. The fourth-order valence-electron chi connectivity index (χ4n) is 5.47. The maximum atomic E-state index is 12.9. The summed E-state index contributed by atoms with van der Waals surface area (Å²) in [5.74, 6) is -0.118. The van der Waals surface area contributed by atoms with Gasteiger partial charge in [0.1, 0.15) is 18.1 Å². The molecule has 2 aromatic carbocycles. The number of benzene rings is 2. The number of carbonyl (C=O) groups is 1. The van der Waals surface area contributed by atoms with Crippen LogP contribution in [-0.4, -0.2) is 44.9 Å². The Labute approximate surface area is 222 Å². The van der Waals surface area contributed by atoms with Gasteiger partial charge in [-0.3, -0.25) is 9.36 Å². The first kappa shape index (κ1) is 25.3. The van der Waals surface area contributed by atoms with Crippen molar-refractivity contribution in [3.8, 4) is 0 Å². The van der Waals surface area contributed by atoms with Crippen molar-refractivity contribution in [3.05, 3.63) is 94.5 Å². The number of hydrogen-bond donors (Lipinski definition) is 1. The van der Waals surface area contributed by atoms with Crippen LogP contribution in [0.4, 0.5) is 5.82 Å². The van der Waals surface area contributed by atoms with E-state index in [4.69, 9.17) is 13.8 Å². The van der Waals surface area contributed by atoms with Crippen LogP contribution in [0.15, 0.2) is 77.7 Å². The lowest BCUT2D eigenvalue weighted by atomic mass is 10.0. The zero-order chi connectivity index (χ0) is 26.1. The molecule has 1 N–H and O–H groups in total. The van der Waals surface area contributed by atoms with Crippen LogP contribution < -0.4 is 11.0 Å². The summed E-state index contributed by atoms with van der Waals surface area (Å²) < 4.78 is 23.2. The molecular formula is C28H31N4O5P. The number of fused-ring (bicyclic) bond motifs is 1. The van der Waals surface area contributed by atoms with Crippen LogP contribution in [-0.2, 0) is 13.8 Å². The first-order chi connectivity index (χ1) is 18.6. The minimum absolute atomic E-state index is 0.00784. The highest BCUT2D eigenvalue weighted by Crippen LogP contribution is 2.61. The lowest BCUT2D eigenvalue weighted by Crippen LogP contribution is -2.28. The van der Waals surface area contributed by atoms with Crippen molar-refractivity contribution in [3.63, 3.8) is 0 Å². The average Bonchev–Trinajstić information content (AvgIpc) is 3.66. The summed E-state index contributed by atoms with van der Waals surface area (Å²) >= 11 is 0. The van der Waals surface area contributed by atoms with Gasteiger partial charge in [-0.1, -0.05) is 55.5 Å². The molecule has 3 aromatic rings. The van der Waals surface area contributed by atoms with Crippen LogP contribution in [0.3, 0.4) is 0 Å². The third kappa shape index (κ3) is 5.05. The van der Waals surface area contributed by atoms with Crippen molar-refractivity contribution in [2.75, 3.05) is 11.9 Å². The average molecular weight is 535 g/mol. The summed E-state index contributed by atoms with van der Waals surface area (Å²) in [6.45, 7) is 3.02. The first-order valence-electron chi connectivity index (χ1n) is 13.2. The highest BCUT2D eigenvalue weighted by Gasteiger charge is 2.49. The molecule has 0 saturated carbocycles. The molecular weight excluding hydrogens is 503 g/mol. The molecule has 3 aliphatic heterocycles. The van der Waals surface area contributed by atoms with Crippen LogP contribution in [0.1, 0.15) is 60.9 Å². The van der Waals surface area contributed by atoms with E-state index >= 15 is 0 Å². The minimum atomic E-state index is -1.22.